The minimum atomic E-state index is 0. The van der Waals surface area contributed by atoms with Gasteiger partial charge in [-0.15, -0.1) is 23.7 Å². The van der Waals surface area contributed by atoms with Crippen LogP contribution in [-0.2, 0) is 6.54 Å². The van der Waals surface area contributed by atoms with Gasteiger partial charge in [0.25, 0.3) is 5.91 Å². The Morgan fingerprint density at radius 2 is 2.10 bits per heavy atom. The molecule has 0 saturated carbocycles. The Balaban J connectivity index is 0.00000147. The van der Waals surface area contributed by atoms with Gasteiger partial charge < -0.3 is 10.2 Å². The number of amides is 1. The molecule has 1 amide bonds. The van der Waals surface area contributed by atoms with Crippen molar-refractivity contribution in [1.82, 2.24) is 5.32 Å². The molecule has 20 heavy (non-hydrogen) atoms. The molecule has 1 aromatic carbocycles. The van der Waals surface area contributed by atoms with E-state index in [2.05, 4.69) is 11.4 Å². The Morgan fingerprint density at radius 3 is 2.85 bits per heavy atom. The number of carbonyl (C=O) groups is 1. The molecule has 3 nitrogen and oxygen atoms in total. The summed E-state index contributed by atoms with van der Waals surface area (Å²) < 4.78 is 0. The number of hydrogen-bond donors (Lipinski definition) is 1. The standard InChI is InChI=1S/C15H16N2OS.ClH/c1-11-6-9-19-14(11)15(18)17-8-7-16-10-12-4-2-3-5-13(12)17;/h2-6,9,16H,7-8,10H2,1H3;1H. The minimum Gasteiger partial charge on any atom is -0.311 e. The van der Waals surface area contributed by atoms with Crippen molar-refractivity contribution < 1.29 is 4.79 Å². The van der Waals surface area contributed by atoms with Crippen LogP contribution in [0, 0.1) is 6.92 Å². The lowest BCUT2D eigenvalue weighted by Crippen LogP contribution is -2.34. The van der Waals surface area contributed by atoms with Gasteiger partial charge >= 0.3 is 0 Å². The first-order chi connectivity index (χ1) is 9.27. The van der Waals surface area contributed by atoms with Crippen LogP contribution >= 0.6 is 23.7 Å². The number of halogens is 1. The van der Waals surface area contributed by atoms with Crippen molar-refractivity contribution in [3.05, 3.63) is 51.7 Å². The molecule has 0 atom stereocenters. The molecule has 1 aliphatic heterocycles. The summed E-state index contributed by atoms with van der Waals surface area (Å²) in [5.74, 6) is 0.114. The molecule has 0 fully saturated rings. The van der Waals surface area contributed by atoms with E-state index in [1.165, 1.54) is 16.9 Å². The summed E-state index contributed by atoms with van der Waals surface area (Å²) in [5, 5.41) is 5.33. The van der Waals surface area contributed by atoms with E-state index in [1.54, 1.807) is 0 Å². The summed E-state index contributed by atoms with van der Waals surface area (Å²) in [5.41, 5.74) is 3.28. The normalized spacial score (nSPS) is 14.2. The van der Waals surface area contributed by atoms with E-state index in [-0.39, 0.29) is 18.3 Å². The molecule has 106 valence electrons. The monoisotopic (exact) mass is 308 g/mol. The lowest BCUT2D eigenvalue weighted by atomic mass is 10.1. The number of fused-ring (bicyclic) bond motifs is 1. The highest BCUT2D eigenvalue weighted by Gasteiger charge is 2.23. The van der Waals surface area contributed by atoms with Crippen LogP contribution in [0.3, 0.4) is 0 Å². The zero-order valence-corrected chi connectivity index (χ0v) is 12.9. The average molecular weight is 309 g/mol. The minimum absolute atomic E-state index is 0. The summed E-state index contributed by atoms with van der Waals surface area (Å²) in [6.07, 6.45) is 0. The van der Waals surface area contributed by atoms with Gasteiger partial charge in [-0.05, 0) is 35.6 Å². The molecule has 1 N–H and O–H groups in total. The van der Waals surface area contributed by atoms with E-state index in [1.807, 2.05) is 41.5 Å². The second-order valence-electron chi connectivity index (χ2n) is 4.70. The van der Waals surface area contributed by atoms with Crippen LogP contribution < -0.4 is 10.2 Å². The molecule has 2 heterocycles. The van der Waals surface area contributed by atoms with Crippen LogP contribution in [0.2, 0.25) is 0 Å². The van der Waals surface area contributed by atoms with Gasteiger partial charge in [0.05, 0.1) is 4.88 Å². The number of carbonyl (C=O) groups excluding carboxylic acids is 1. The van der Waals surface area contributed by atoms with Gasteiger partial charge in [0.2, 0.25) is 0 Å². The topological polar surface area (TPSA) is 32.3 Å². The van der Waals surface area contributed by atoms with Crippen LogP contribution in [0.4, 0.5) is 5.69 Å². The van der Waals surface area contributed by atoms with E-state index < -0.39 is 0 Å². The number of nitrogens with one attached hydrogen (secondary N) is 1. The molecule has 0 aliphatic carbocycles. The van der Waals surface area contributed by atoms with Crippen molar-refractivity contribution in [1.29, 1.82) is 0 Å². The first-order valence-electron chi connectivity index (χ1n) is 6.42. The number of hydrogen-bond acceptors (Lipinski definition) is 3. The fraction of sp³-hybridized carbons (Fsp3) is 0.267. The Labute approximate surface area is 129 Å². The van der Waals surface area contributed by atoms with Crippen molar-refractivity contribution >= 4 is 35.3 Å². The lowest BCUT2D eigenvalue weighted by molar-refractivity contribution is 0.0991. The van der Waals surface area contributed by atoms with Crippen LogP contribution in [0.5, 0.6) is 0 Å². The molecule has 0 radical (unpaired) electrons. The molecule has 1 aliphatic rings. The van der Waals surface area contributed by atoms with Gasteiger partial charge in [0.1, 0.15) is 0 Å². The Kier molecular flexibility index (Phi) is 4.81. The summed E-state index contributed by atoms with van der Waals surface area (Å²) in [6.45, 7) is 4.35. The highest BCUT2D eigenvalue weighted by molar-refractivity contribution is 7.12. The number of anilines is 1. The maximum absolute atomic E-state index is 12.7. The summed E-state index contributed by atoms with van der Waals surface area (Å²) >= 11 is 1.52. The molecule has 0 saturated heterocycles. The van der Waals surface area contributed by atoms with Gasteiger partial charge in [-0.1, -0.05) is 18.2 Å². The molecule has 0 spiro atoms. The van der Waals surface area contributed by atoms with Crippen molar-refractivity contribution in [3.8, 4) is 0 Å². The van der Waals surface area contributed by atoms with Gasteiger partial charge in [-0.3, -0.25) is 4.79 Å². The van der Waals surface area contributed by atoms with E-state index in [4.69, 9.17) is 0 Å². The largest absolute Gasteiger partial charge is 0.311 e. The predicted octanol–water partition coefficient (Wildman–Crippen LogP) is 3.23. The van der Waals surface area contributed by atoms with Crippen molar-refractivity contribution in [3.63, 3.8) is 0 Å². The second-order valence-corrected chi connectivity index (χ2v) is 5.61. The molecule has 0 unspecified atom stereocenters. The Morgan fingerprint density at radius 1 is 1.30 bits per heavy atom. The van der Waals surface area contributed by atoms with Crippen LogP contribution in [0.25, 0.3) is 0 Å². The maximum Gasteiger partial charge on any atom is 0.268 e. The van der Waals surface area contributed by atoms with E-state index >= 15 is 0 Å². The zero-order chi connectivity index (χ0) is 13.2. The first kappa shape index (κ1) is 15.0. The van der Waals surface area contributed by atoms with Gasteiger partial charge in [0.15, 0.2) is 0 Å². The number of aryl methyl sites for hydroxylation is 1. The molecule has 1 aromatic heterocycles. The van der Waals surface area contributed by atoms with Gasteiger partial charge in [-0.25, -0.2) is 0 Å². The molecule has 5 heteroatoms. The number of rotatable bonds is 1. The maximum atomic E-state index is 12.7. The third-order valence-electron chi connectivity index (χ3n) is 3.41. The van der Waals surface area contributed by atoms with E-state index in [9.17, 15) is 4.79 Å². The summed E-state index contributed by atoms with van der Waals surface area (Å²) in [7, 11) is 0. The lowest BCUT2D eigenvalue weighted by Gasteiger charge is -2.22. The third kappa shape index (κ3) is 2.73. The van der Waals surface area contributed by atoms with E-state index in [0.717, 1.165) is 29.2 Å². The summed E-state index contributed by atoms with van der Waals surface area (Å²) in [6, 6.07) is 10.1. The molecule has 0 bridgehead atoms. The quantitative estimate of drug-likeness (QED) is 0.877. The van der Waals surface area contributed by atoms with E-state index in [0.29, 0.717) is 6.54 Å². The number of benzene rings is 1. The predicted molar refractivity (Wildman–Crippen MR) is 86.1 cm³/mol. The zero-order valence-electron chi connectivity index (χ0n) is 11.3. The van der Waals surface area contributed by atoms with Gasteiger partial charge in [0, 0.05) is 25.3 Å². The molecule has 2 aromatic rings. The third-order valence-corrected chi connectivity index (χ3v) is 4.42. The Hall–Kier alpha value is -1.36. The summed E-state index contributed by atoms with van der Waals surface area (Å²) in [4.78, 5) is 15.4. The number of thiophene rings is 1. The number of nitrogens with zero attached hydrogens (tertiary/aromatic N) is 1. The number of para-hydroxylation sites is 1. The van der Waals surface area contributed by atoms with Gasteiger partial charge in [-0.2, -0.15) is 0 Å². The fourth-order valence-electron chi connectivity index (χ4n) is 2.38. The van der Waals surface area contributed by atoms with Crippen molar-refractivity contribution in [2.75, 3.05) is 18.0 Å². The van der Waals surface area contributed by atoms with Crippen LogP contribution in [-0.4, -0.2) is 19.0 Å². The van der Waals surface area contributed by atoms with Crippen molar-refractivity contribution in [2.45, 2.75) is 13.5 Å². The molecular weight excluding hydrogens is 292 g/mol. The smallest absolute Gasteiger partial charge is 0.268 e. The SMILES string of the molecule is Cc1ccsc1C(=O)N1CCNCc2ccccc21.Cl. The van der Waals surface area contributed by atoms with Crippen molar-refractivity contribution in [2.24, 2.45) is 0 Å². The fourth-order valence-corrected chi connectivity index (χ4v) is 3.26. The Bertz CT molecular complexity index is 611. The highest BCUT2D eigenvalue weighted by atomic mass is 35.5. The van der Waals surface area contributed by atoms with Crippen LogP contribution in [0.15, 0.2) is 35.7 Å². The first-order valence-corrected chi connectivity index (χ1v) is 7.30. The highest BCUT2D eigenvalue weighted by Crippen LogP contribution is 2.26. The second kappa shape index (κ2) is 6.39. The molecular formula is C15H17ClN2OS. The molecule has 3 rings (SSSR count). The van der Waals surface area contributed by atoms with Crippen LogP contribution in [0.1, 0.15) is 20.8 Å². The average Bonchev–Trinajstić information content (AvgIpc) is 2.74.